The van der Waals surface area contributed by atoms with E-state index >= 15 is 0 Å². The molecule has 0 amide bonds. The number of fused-ring (bicyclic) bond motifs is 2. The Hall–Kier alpha value is -1.78. The van der Waals surface area contributed by atoms with Gasteiger partial charge in [-0.1, -0.05) is 23.2 Å². The standard InChI is InChI=1S/C14H10Cl2N2O2/c1-19-13-5-11-9(3-7(13)15)18-12-6-14(20-2)8(16)4-10(12)17-11/h3-6H,1-2H3. The van der Waals surface area contributed by atoms with Crippen molar-refractivity contribution in [2.24, 2.45) is 0 Å². The zero-order valence-corrected chi connectivity index (χ0v) is 12.3. The van der Waals surface area contributed by atoms with Gasteiger partial charge in [-0.15, -0.1) is 0 Å². The molecule has 0 N–H and O–H groups in total. The number of rotatable bonds is 2. The number of benzene rings is 2. The van der Waals surface area contributed by atoms with Gasteiger partial charge >= 0.3 is 0 Å². The Balaban J connectivity index is 2.34. The Morgan fingerprint density at radius 3 is 1.40 bits per heavy atom. The second-order valence-corrected chi connectivity index (χ2v) is 4.99. The number of aromatic nitrogens is 2. The average Bonchev–Trinajstić information content (AvgIpc) is 2.44. The summed E-state index contributed by atoms with van der Waals surface area (Å²) < 4.78 is 10.4. The summed E-state index contributed by atoms with van der Waals surface area (Å²) in [5.74, 6) is 1.12. The molecule has 0 radical (unpaired) electrons. The number of hydrogen-bond acceptors (Lipinski definition) is 4. The van der Waals surface area contributed by atoms with E-state index < -0.39 is 0 Å². The van der Waals surface area contributed by atoms with E-state index in [1.807, 2.05) is 0 Å². The maximum atomic E-state index is 6.10. The van der Waals surface area contributed by atoms with Crippen LogP contribution in [0.2, 0.25) is 10.0 Å². The van der Waals surface area contributed by atoms with Crippen LogP contribution in [0.25, 0.3) is 22.1 Å². The average molecular weight is 309 g/mol. The van der Waals surface area contributed by atoms with E-state index in [1.165, 1.54) is 0 Å². The maximum Gasteiger partial charge on any atom is 0.139 e. The maximum absolute atomic E-state index is 6.10. The number of nitrogens with zero attached hydrogens (tertiary/aromatic N) is 2. The zero-order chi connectivity index (χ0) is 14.3. The van der Waals surface area contributed by atoms with Crippen molar-refractivity contribution in [1.29, 1.82) is 0 Å². The highest BCUT2D eigenvalue weighted by Crippen LogP contribution is 2.32. The highest BCUT2D eigenvalue weighted by atomic mass is 35.5. The van der Waals surface area contributed by atoms with Gasteiger partial charge in [-0.3, -0.25) is 0 Å². The van der Waals surface area contributed by atoms with Gasteiger partial charge in [0.1, 0.15) is 11.5 Å². The molecule has 0 atom stereocenters. The van der Waals surface area contributed by atoms with Crippen molar-refractivity contribution in [2.75, 3.05) is 14.2 Å². The van der Waals surface area contributed by atoms with Crippen LogP contribution in [-0.4, -0.2) is 24.2 Å². The summed E-state index contributed by atoms with van der Waals surface area (Å²) in [6.45, 7) is 0. The highest BCUT2D eigenvalue weighted by molar-refractivity contribution is 6.33. The third kappa shape index (κ3) is 2.11. The lowest BCUT2D eigenvalue weighted by molar-refractivity contribution is 0.415. The molecule has 0 saturated heterocycles. The predicted octanol–water partition coefficient (Wildman–Crippen LogP) is 4.11. The van der Waals surface area contributed by atoms with Crippen molar-refractivity contribution in [2.45, 2.75) is 0 Å². The lowest BCUT2D eigenvalue weighted by Gasteiger charge is -2.08. The van der Waals surface area contributed by atoms with Crippen LogP contribution < -0.4 is 9.47 Å². The van der Waals surface area contributed by atoms with Crippen LogP contribution in [0.4, 0.5) is 0 Å². The van der Waals surface area contributed by atoms with Gasteiger partial charge in [0.05, 0.1) is 46.3 Å². The highest BCUT2D eigenvalue weighted by Gasteiger charge is 2.10. The topological polar surface area (TPSA) is 44.2 Å². The quantitative estimate of drug-likeness (QED) is 0.668. The Bertz CT molecular complexity index is 752. The van der Waals surface area contributed by atoms with Crippen molar-refractivity contribution < 1.29 is 9.47 Å². The Morgan fingerprint density at radius 2 is 1.05 bits per heavy atom. The molecule has 0 aliphatic rings. The second-order valence-electron chi connectivity index (χ2n) is 4.17. The SMILES string of the molecule is COc1cc2nc3cc(Cl)c(OC)cc3nc2cc1Cl. The van der Waals surface area contributed by atoms with Gasteiger partial charge < -0.3 is 9.47 Å². The third-order valence-corrected chi connectivity index (χ3v) is 3.57. The molecular weight excluding hydrogens is 299 g/mol. The zero-order valence-electron chi connectivity index (χ0n) is 10.8. The minimum Gasteiger partial charge on any atom is -0.495 e. The summed E-state index contributed by atoms with van der Waals surface area (Å²) in [7, 11) is 3.12. The molecule has 0 bridgehead atoms. The molecule has 102 valence electrons. The van der Waals surface area contributed by atoms with Crippen molar-refractivity contribution >= 4 is 45.3 Å². The van der Waals surface area contributed by atoms with Crippen LogP contribution in [0.3, 0.4) is 0 Å². The van der Waals surface area contributed by atoms with E-state index in [-0.39, 0.29) is 0 Å². The number of methoxy groups -OCH3 is 2. The van der Waals surface area contributed by atoms with Gasteiger partial charge in [0.15, 0.2) is 0 Å². The molecule has 0 unspecified atom stereocenters. The monoisotopic (exact) mass is 308 g/mol. The lowest BCUT2D eigenvalue weighted by atomic mass is 10.2. The van der Waals surface area contributed by atoms with Crippen molar-refractivity contribution in [1.82, 2.24) is 9.97 Å². The summed E-state index contributed by atoms with van der Waals surface area (Å²) >= 11 is 12.2. The van der Waals surface area contributed by atoms with Crippen molar-refractivity contribution in [3.63, 3.8) is 0 Å². The largest absolute Gasteiger partial charge is 0.495 e. The van der Waals surface area contributed by atoms with Gasteiger partial charge in [-0.05, 0) is 12.1 Å². The van der Waals surface area contributed by atoms with Crippen LogP contribution in [0.1, 0.15) is 0 Å². The molecule has 6 heteroatoms. The number of halogens is 2. The van der Waals surface area contributed by atoms with E-state index in [4.69, 9.17) is 32.7 Å². The first-order valence-electron chi connectivity index (χ1n) is 5.81. The molecule has 0 fully saturated rings. The molecule has 1 heterocycles. The first-order chi connectivity index (χ1) is 9.62. The first kappa shape index (κ1) is 13.2. The van der Waals surface area contributed by atoms with Crippen LogP contribution in [0, 0.1) is 0 Å². The number of hydrogen-bond donors (Lipinski definition) is 0. The molecule has 1 aromatic heterocycles. The normalized spacial score (nSPS) is 11.0. The molecule has 2 aromatic carbocycles. The minimum absolute atomic E-state index is 0.495. The second kappa shape index (κ2) is 4.96. The molecular formula is C14H10Cl2N2O2. The van der Waals surface area contributed by atoms with E-state index in [0.29, 0.717) is 43.6 Å². The molecule has 20 heavy (non-hydrogen) atoms. The lowest BCUT2D eigenvalue weighted by Crippen LogP contribution is -1.92. The van der Waals surface area contributed by atoms with Crippen molar-refractivity contribution in [3.05, 3.63) is 34.3 Å². The Labute approximate surface area is 125 Å². The summed E-state index contributed by atoms with van der Waals surface area (Å²) in [6, 6.07) is 6.96. The molecule has 3 rings (SSSR count). The van der Waals surface area contributed by atoms with E-state index in [0.717, 1.165) is 0 Å². The smallest absolute Gasteiger partial charge is 0.139 e. The van der Waals surface area contributed by atoms with Crippen LogP contribution >= 0.6 is 23.2 Å². The van der Waals surface area contributed by atoms with Crippen LogP contribution in [-0.2, 0) is 0 Å². The molecule has 0 aliphatic heterocycles. The van der Waals surface area contributed by atoms with Gasteiger partial charge in [0.2, 0.25) is 0 Å². The summed E-state index contributed by atoms with van der Waals surface area (Å²) in [5, 5.41) is 0.990. The summed E-state index contributed by atoms with van der Waals surface area (Å²) in [6.07, 6.45) is 0. The van der Waals surface area contributed by atoms with Gasteiger partial charge in [0.25, 0.3) is 0 Å². The Kier molecular flexibility index (Phi) is 3.28. The number of ether oxygens (including phenoxy) is 2. The van der Waals surface area contributed by atoms with Crippen LogP contribution in [0.15, 0.2) is 24.3 Å². The van der Waals surface area contributed by atoms with Gasteiger partial charge in [-0.25, -0.2) is 9.97 Å². The fourth-order valence-electron chi connectivity index (χ4n) is 1.99. The van der Waals surface area contributed by atoms with E-state index in [1.54, 1.807) is 38.5 Å². The van der Waals surface area contributed by atoms with E-state index in [2.05, 4.69) is 9.97 Å². The summed E-state index contributed by atoms with van der Waals surface area (Å²) in [5.41, 5.74) is 2.76. The van der Waals surface area contributed by atoms with Crippen LogP contribution in [0.5, 0.6) is 11.5 Å². The van der Waals surface area contributed by atoms with E-state index in [9.17, 15) is 0 Å². The molecule has 3 aromatic rings. The van der Waals surface area contributed by atoms with Gasteiger partial charge in [-0.2, -0.15) is 0 Å². The fourth-order valence-corrected chi connectivity index (χ4v) is 2.47. The predicted molar refractivity (Wildman–Crippen MR) is 80.2 cm³/mol. The molecule has 0 saturated carbocycles. The summed E-state index contributed by atoms with van der Waals surface area (Å²) in [4.78, 5) is 9.05. The first-order valence-corrected chi connectivity index (χ1v) is 6.56. The van der Waals surface area contributed by atoms with Crippen molar-refractivity contribution in [3.8, 4) is 11.5 Å². The molecule has 4 nitrogen and oxygen atoms in total. The van der Waals surface area contributed by atoms with Gasteiger partial charge in [0, 0.05) is 12.1 Å². The molecule has 0 aliphatic carbocycles. The molecule has 0 spiro atoms. The fraction of sp³-hybridized carbons (Fsp3) is 0.143. The third-order valence-electron chi connectivity index (χ3n) is 2.98. The Morgan fingerprint density at radius 1 is 0.700 bits per heavy atom. The minimum atomic E-state index is 0.495.